The summed E-state index contributed by atoms with van der Waals surface area (Å²) in [6.45, 7) is 0.445. The van der Waals surface area contributed by atoms with Crippen LogP contribution in [0, 0.1) is 0 Å². The van der Waals surface area contributed by atoms with Crippen LogP contribution in [0.1, 0.15) is 18.1 Å². The van der Waals surface area contributed by atoms with Gasteiger partial charge in [-0.05, 0) is 42.8 Å². The van der Waals surface area contributed by atoms with Crippen molar-refractivity contribution < 1.29 is 45.3 Å². The fourth-order valence-electron chi connectivity index (χ4n) is 2.99. The molecule has 0 radical (unpaired) electrons. The summed E-state index contributed by atoms with van der Waals surface area (Å²) in [6, 6.07) is 6.23. The van der Waals surface area contributed by atoms with Crippen LogP contribution in [-0.2, 0) is 32.3 Å². The van der Waals surface area contributed by atoms with Gasteiger partial charge in [0.1, 0.15) is 6.54 Å². The fourth-order valence-corrected chi connectivity index (χ4v) is 4.41. The number of halogens is 3. The van der Waals surface area contributed by atoms with Gasteiger partial charge in [-0.2, -0.15) is 17.5 Å². The predicted octanol–water partition coefficient (Wildman–Crippen LogP) is 3.49. The zero-order valence-corrected chi connectivity index (χ0v) is 19.2. The van der Waals surface area contributed by atoms with Crippen LogP contribution in [0.25, 0.3) is 0 Å². The summed E-state index contributed by atoms with van der Waals surface area (Å²) in [5.74, 6) is -0.124. The summed E-state index contributed by atoms with van der Waals surface area (Å²) in [7, 11) is -0.393. The Kier molecular flexibility index (Phi) is 8.56. The molecular formula is C21H24F3NO7S. The van der Waals surface area contributed by atoms with Gasteiger partial charge in [-0.15, -0.1) is 0 Å². The standard InChI is InChI=1S/C21H24F3NO7S/c1-5-32-19(26)13-25(12-14-9-17(29-2)20(31-4)18(10-14)30-3)33(27,28)16-8-6-7-15(11-16)21(22,23)24/h6-11H,5,12-13H2,1-4H3. The number of ether oxygens (including phenoxy) is 4. The van der Waals surface area contributed by atoms with Gasteiger partial charge in [0, 0.05) is 6.54 Å². The molecule has 33 heavy (non-hydrogen) atoms. The molecule has 0 unspecified atom stereocenters. The number of methoxy groups -OCH3 is 3. The van der Waals surface area contributed by atoms with E-state index >= 15 is 0 Å². The molecule has 0 aromatic heterocycles. The van der Waals surface area contributed by atoms with Crippen LogP contribution in [0.5, 0.6) is 17.2 Å². The molecule has 0 aliphatic rings. The minimum absolute atomic E-state index is 0.000458. The van der Waals surface area contributed by atoms with Gasteiger partial charge in [-0.25, -0.2) is 8.42 Å². The van der Waals surface area contributed by atoms with Crippen LogP contribution in [0.3, 0.4) is 0 Å². The van der Waals surface area contributed by atoms with Crippen LogP contribution in [-0.4, -0.2) is 53.2 Å². The van der Waals surface area contributed by atoms with Gasteiger partial charge in [0.05, 0.1) is 38.4 Å². The van der Waals surface area contributed by atoms with E-state index in [1.807, 2.05) is 0 Å². The van der Waals surface area contributed by atoms with Crippen molar-refractivity contribution in [3.8, 4) is 17.2 Å². The van der Waals surface area contributed by atoms with Crippen LogP contribution in [0.15, 0.2) is 41.3 Å². The van der Waals surface area contributed by atoms with Crippen molar-refractivity contribution >= 4 is 16.0 Å². The highest BCUT2D eigenvalue weighted by molar-refractivity contribution is 7.89. The molecule has 182 valence electrons. The molecule has 2 rings (SSSR count). The molecule has 0 saturated carbocycles. The van der Waals surface area contributed by atoms with Crippen molar-refractivity contribution in [2.75, 3.05) is 34.5 Å². The molecule has 8 nitrogen and oxygen atoms in total. The van der Waals surface area contributed by atoms with E-state index in [0.717, 1.165) is 22.5 Å². The first kappa shape index (κ1) is 26.3. The van der Waals surface area contributed by atoms with Gasteiger partial charge in [-0.3, -0.25) is 4.79 Å². The van der Waals surface area contributed by atoms with E-state index in [-0.39, 0.29) is 30.4 Å². The third-order valence-corrected chi connectivity index (χ3v) is 6.28. The highest BCUT2D eigenvalue weighted by Crippen LogP contribution is 2.39. The normalized spacial score (nSPS) is 11.9. The Balaban J connectivity index is 2.55. The number of benzene rings is 2. The smallest absolute Gasteiger partial charge is 0.416 e. The van der Waals surface area contributed by atoms with Crippen molar-refractivity contribution in [3.63, 3.8) is 0 Å². The Hall–Kier alpha value is -2.99. The predicted molar refractivity (Wildman–Crippen MR) is 112 cm³/mol. The molecule has 0 spiro atoms. The molecule has 0 saturated heterocycles. The van der Waals surface area contributed by atoms with Gasteiger partial charge in [-0.1, -0.05) is 6.07 Å². The van der Waals surface area contributed by atoms with E-state index in [1.54, 1.807) is 6.92 Å². The van der Waals surface area contributed by atoms with Gasteiger partial charge in [0.25, 0.3) is 0 Å². The number of carbonyl (C=O) groups excluding carboxylic acids is 1. The zero-order valence-electron chi connectivity index (χ0n) is 18.4. The summed E-state index contributed by atoms with van der Waals surface area (Å²) >= 11 is 0. The van der Waals surface area contributed by atoms with E-state index < -0.39 is 39.2 Å². The quantitative estimate of drug-likeness (QED) is 0.470. The van der Waals surface area contributed by atoms with Crippen molar-refractivity contribution in [2.45, 2.75) is 24.5 Å². The fraction of sp³-hybridized carbons (Fsp3) is 0.381. The lowest BCUT2D eigenvalue weighted by Crippen LogP contribution is -2.36. The minimum Gasteiger partial charge on any atom is -0.493 e. The monoisotopic (exact) mass is 491 g/mol. The molecule has 0 amide bonds. The van der Waals surface area contributed by atoms with Crippen LogP contribution < -0.4 is 14.2 Å². The molecule has 0 aliphatic carbocycles. The third-order valence-electron chi connectivity index (χ3n) is 4.49. The third kappa shape index (κ3) is 6.29. The lowest BCUT2D eigenvalue weighted by Gasteiger charge is -2.23. The Morgan fingerprint density at radius 1 is 1.00 bits per heavy atom. The number of rotatable bonds is 10. The lowest BCUT2D eigenvalue weighted by molar-refractivity contribution is -0.143. The van der Waals surface area contributed by atoms with Gasteiger partial charge in [0.15, 0.2) is 11.5 Å². The highest BCUT2D eigenvalue weighted by atomic mass is 32.2. The molecule has 2 aromatic rings. The summed E-state index contributed by atoms with van der Waals surface area (Å²) in [4.78, 5) is 11.5. The molecule has 12 heteroatoms. The lowest BCUT2D eigenvalue weighted by atomic mass is 10.1. The maximum absolute atomic E-state index is 13.3. The van der Waals surface area contributed by atoms with E-state index in [2.05, 4.69) is 0 Å². The van der Waals surface area contributed by atoms with E-state index in [9.17, 15) is 26.4 Å². The maximum Gasteiger partial charge on any atom is 0.416 e. The van der Waals surface area contributed by atoms with Crippen LogP contribution >= 0.6 is 0 Å². The number of esters is 1. The van der Waals surface area contributed by atoms with E-state index in [1.165, 1.54) is 33.5 Å². The van der Waals surface area contributed by atoms with E-state index in [0.29, 0.717) is 11.6 Å². The van der Waals surface area contributed by atoms with Gasteiger partial charge in [0.2, 0.25) is 15.8 Å². The topological polar surface area (TPSA) is 91.4 Å². The number of sulfonamides is 1. The summed E-state index contributed by atoms with van der Waals surface area (Å²) in [5, 5.41) is 0. The number of hydrogen-bond donors (Lipinski definition) is 0. The Bertz CT molecular complexity index is 1060. The van der Waals surface area contributed by atoms with E-state index in [4.69, 9.17) is 18.9 Å². The van der Waals surface area contributed by atoms with Gasteiger partial charge >= 0.3 is 12.1 Å². The van der Waals surface area contributed by atoms with Crippen molar-refractivity contribution in [3.05, 3.63) is 47.5 Å². The molecule has 0 heterocycles. The first-order valence-corrected chi connectivity index (χ1v) is 11.0. The molecule has 2 aromatic carbocycles. The van der Waals surface area contributed by atoms with Crippen LogP contribution in [0.4, 0.5) is 13.2 Å². The summed E-state index contributed by atoms with van der Waals surface area (Å²) in [6.07, 6.45) is -4.74. The highest BCUT2D eigenvalue weighted by Gasteiger charge is 2.34. The van der Waals surface area contributed by atoms with Crippen molar-refractivity contribution in [1.82, 2.24) is 4.31 Å². The number of hydrogen-bond acceptors (Lipinski definition) is 7. The zero-order chi connectivity index (χ0) is 24.8. The first-order valence-electron chi connectivity index (χ1n) is 9.59. The van der Waals surface area contributed by atoms with Crippen LogP contribution in [0.2, 0.25) is 0 Å². The summed E-state index contributed by atoms with van der Waals surface area (Å²) < 4.78 is 87.2. The Labute approximate surface area is 189 Å². The molecule has 0 N–H and O–H groups in total. The second-order valence-corrected chi connectivity index (χ2v) is 8.58. The van der Waals surface area contributed by atoms with Crippen molar-refractivity contribution in [1.29, 1.82) is 0 Å². The minimum atomic E-state index is -4.74. The summed E-state index contributed by atoms with van der Waals surface area (Å²) in [5.41, 5.74) is -0.795. The maximum atomic E-state index is 13.3. The molecule has 0 atom stereocenters. The molecule has 0 fully saturated rings. The van der Waals surface area contributed by atoms with Crippen molar-refractivity contribution in [2.24, 2.45) is 0 Å². The second kappa shape index (κ2) is 10.8. The number of nitrogens with zero attached hydrogens (tertiary/aromatic N) is 1. The number of alkyl halides is 3. The number of carbonyl (C=O) groups is 1. The average Bonchev–Trinajstić information content (AvgIpc) is 2.77. The Morgan fingerprint density at radius 3 is 2.09 bits per heavy atom. The second-order valence-electron chi connectivity index (χ2n) is 6.64. The Morgan fingerprint density at radius 2 is 1.61 bits per heavy atom. The largest absolute Gasteiger partial charge is 0.493 e. The SMILES string of the molecule is CCOC(=O)CN(Cc1cc(OC)c(OC)c(OC)c1)S(=O)(=O)c1cccc(C(F)(F)F)c1. The van der Waals surface area contributed by atoms with Gasteiger partial charge < -0.3 is 18.9 Å². The molecular weight excluding hydrogens is 467 g/mol. The molecule has 0 aliphatic heterocycles. The average molecular weight is 491 g/mol. The molecule has 0 bridgehead atoms. The first-order chi connectivity index (χ1) is 15.5.